The quantitative estimate of drug-likeness (QED) is 0.760. The van der Waals surface area contributed by atoms with Gasteiger partial charge in [-0.1, -0.05) is 6.92 Å². The minimum absolute atomic E-state index is 0.504. The van der Waals surface area contributed by atoms with Crippen molar-refractivity contribution in [2.24, 2.45) is 0 Å². The lowest BCUT2D eigenvalue weighted by Crippen LogP contribution is -2.40. The maximum Gasteiger partial charge on any atom is 0.227 e. The van der Waals surface area contributed by atoms with E-state index in [2.05, 4.69) is 17.1 Å². The highest BCUT2D eigenvalue weighted by atomic mass is 16.5. The van der Waals surface area contributed by atoms with E-state index in [9.17, 15) is 0 Å². The number of methoxy groups -OCH3 is 3. The number of hydrogen-bond acceptors (Lipinski definition) is 7. The predicted molar refractivity (Wildman–Crippen MR) is 111 cm³/mol. The normalized spacial score (nSPS) is 16.6. The van der Waals surface area contributed by atoms with Crippen LogP contribution in [0.25, 0.3) is 0 Å². The van der Waals surface area contributed by atoms with Crippen LogP contribution in [0.4, 0.5) is 17.5 Å². The molecule has 3 rings (SSSR count). The molecule has 7 heteroatoms. The van der Waals surface area contributed by atoms with E-state index in [1.165, 1.54) is 19.3 Å². The number of rotatable bonds is 7. The Morgan fingerprint density at radius 3 is 2.36 bits per heavy atom. The third-order valence-corrected chi connectivity index (χ3v) is 5.13. The molecule has 1 fully saturated rings. The van der Waals surface area contributed by atoms with Crippen LogP contribution in [0.2, 0.25) is 0 Å². The standard InChI is InChI=1S/C21H30N4O3/c1-6-16-9-7-8-10-25(16)21-22-14(2)11-19(24-21)23-15-12-17(26-3)20(28-5)18(13-15)27-4/h11-13,16H,6-10H2,1-5H3,(H,22,23,24). The first kappa shape index (κ1) is 20.0. The summed E-state index contributed by atoms with van der Waals surface area (Å²) >= 11 is 0. The zero-order valence-electron chi connectivity index (χ0n) is 17.4. The molecule has 1 aromatic heterocycles. The van der Waals surface area contributed by atoms with Gasteiger partial charge in [-0.3, -0.25) is 0 Å². The molecular formula is C21H30N4O3. The Bertz CT molecular complexity index is 787. The predicted octanol–water partition coefficient (Wildman–Crippen LogP) is 4.32. The van der Waals surface area contributed by atoms with E-state index in [4.69, 9.17) is 24.2 Å². The summed E-state index contributed by atoms with van der Waals surface area (Å²) in [7, 11) is 4.81. The molecule has 7 nitrogen and oxygen atoms in total. The Morgan fingerprint density at radius 2 is 1.75 bits per heavy atom. The summed E-state index contributed by atoms with van der Waals surface area (Å²) in [6.45, 7) is 5.23. The number of anilines is 3. The molecule has 0 radical (unpaired) electrons. The van der Waals surface area contributed by atoms with Gasteiger partial charge in [-0.15, -0.1) is 0 Å². The number of ether oxygens (including phenoxy) is 3. The summed E-state index contributed by atoms with van der Waals surface area (Å²) in [5.41, 5.74) is 1.74. The lowest BCUT2D eigenvalue weighted by atomic mass is 10.0. The molecule has 0 amide bonds. The molecule has 2 heterocycles. The second-order valence-corrected chi connectivity index (χ2v) is 6.98. The summed E-state index contributed by atoms with van der Waals surface area (Å²) in [6.07, 6.45) is 4.76. The molecule has 0 bridgehead atoms. The van der Waals surface area contributed by atoms with Crippen molar-refractivity contribution >= 4 is 17.5 Å². The van der Waals surface area contributed by atoms with Gasteiger partial charge in [-0.25, -0.2) is 4.98 Å². The fraction of sp³-hybridized carbons (Fsp3) is 0.524. The molecule has 1 unspecified atom stereocenters. The van der Waals surface area contributed by atoms with Crippen LogP contribution in [0.1, 0.15) is 38.3 Å². The number of piperidine rings is 1. The SMILES string of the molecule is CCC1CCCCN1c1nc(C)cc(Nc2cc(OC)c(OC)c(OC)c2)n1. The first-order valence-corrected chi connectivity index (χ1v) is 9.79. The molecule has 1 aromatic carbocycles. The van der Waals surface area contributed by atoms with Crippen LogP contribution >= 0.6 is 0 Å². The van der Waals surface area contributed by atoms with E-state index in [1.807, 2.05) is 25.1 Å². The van der Waals surface area contributed by atoms with Crippen molar-refractivity contribution in [2.45, 2.75) is 45.6 Å². The summed E-state index contributed by atoms with van der Waals surface area (Å²) in [4.78, 5) is 11.8. The van der Waals surface area contributed by atoms with Gasteiger partial charge in [0.15, 0.2) is 11.5 Å². The maximum absolute atomic E-state index is 5.44. The van der Waals surface area contributed by atoms with E-state index in [1.54, 1.807) is 21.3 Å². The van der Waals surface area contributed by atoms with Crippen molar-refractivity contribution in [3.63, 3.8) is 0 Å². The first-order chi connectivity index (χ1) is 13.6. The average molecular weight is 386 g/mol. The molecule has 1 saturated heterocycles. The van der Waals surface area contributed by atoms with E-state index in [0.29, 0.717) is 23.3 Å². The number of aryl methyl sites for hydroxylation is 1. The van der Waals surface area contributed by atoms with Gasteiger partial charge in [0.1, 0.15) is 5.82 Å². The average Bonchev–Trinajstić information content (AvgIpc) is 2.72. The molecule has 1 N–H and O–H groups in total. The third kappa shape index (κ3) is 4.24. The van der Waals surface area contributed by atoms with Crippen molar-refractivity contribution in [1.82, 2.24) is 9.97 Å². The smallest absolute Gasteiger partial charge is 0.227 e. The molecule has 152 valence electrons. The second kappa shape index (κ2) is 8.99. The number of aromatic nitrogens is 2. The van der Waals surface area contributed by atoms with Gasteiger partial charge in [0.2, 0.25) is 11.7 Å². The molecule has 1 aliphatic heterocycles. The molecule has 0 spiro atoms. The highest BCUT2D eigenvalue weighted by Gasteiger charge is 2.23. The fourth-order valence-corrected chi connectivity index (χ4v) is 3.73. The highest BCUT2D eigenvalue weighted by molar-refractivity contribution is 5.67. The van der Waals surface area contributed by atoms with Crippen LogP contribution in [-0.4, -0.2) is 43.9 Å². The Labute approximate surface area is 167 Å². The number of benzene rings is 1. The van der Waals surface area contributed by atoms with Crippen molar-refractivity contribution in [3.8, 4) is 17.2 Å². The largest absolute Gasteiger partial charge is 0.493 e. The molecule has 1 atom stereocenters. The van der Waals surface area contributed by atoms with Crippen LogP contribution in [0.5, 0.6) is 17.2 Å². The lowest BCUT2D eigenvalue weighted by molar-refractivity contribution is 0.324. The van der Waals surface area contributed by atoms with Gasteiger partial charge in [-0.05, 0) is 32.6 Å². The number of nitrogens with one attached hydrogen (secondary N) is 1. The van der Waals surface area contributed by atoms with E-state index < -0.39 is 0 Å². The summed E-state index contributed by atoms with van der Waals surface area (Å²) < 4.78 is 16.3. The highest BCUT2D eigenvalue weighted by Crippen LogP contribution is 2.40. The Kier molecular flexibility index (Phi) is 6.44. The Hall–Kier alpha value is -2.70. The van der Waals surface area contributed by atoms with Crippen LogP contribution in [0, 0.1) is 6.92 Å². The second-order valence-electron chi connectivity index (χ2n) is 6.98. The molecule has 28 heavy (non-hydrogen) atoms. The third-order valence-electron chi connectivity index (χ3n) is 5.13. The van der Waals surface area contributed by atoms with Gasteiger partial charge in [0.05, 0.1) is 21.3 Å². The number of nitrogens with zero attached hydrogens (tertiary/aromatic N) is 3. The topological polar surface area (TPSA) is 68.7 Å². The minimum atomic E-state index is 0.504. The zero-order chi connectivity index (χ0) is 20.1. The van der Waals surface area contributed by atoms with Gasteiger partial charge in [-0.2, -0.15) is 4.98 Å². The number of hydrogen-bond donors (Lipinski definition) is 1. The van der Waals surface area contributed by atoms with Gasteiger partial charge < -0.3 is 24.4 Å². The van der Waals surface area contributed by atoms with Crippen LogP contribution in [-0.2, 0) is 0 Å². The van der Waals surface area contributed by atoms with Crippen molar-refractivity contribution in [1.29, 1.82) is 0 Å². The molecule has 2 aromatic rings. The van der Waals surface area contributed by atoms with E-state index in [-0.39, 0.29) is 0 Å². The molecule has 0 saturated carbocycles. The monoisotopic (exact) mass is 386 g/mol. The van der Waals surface area contributed by atoms with Gasteiger partial charge >= 0.3 is 0 Å². The van der Waals surface area contributed by atoms with Gasteiger partial charge in [0.25, 0.3) is 0 Å². The molecule has 1 aliphatic rings. The summed E-state index contributed by atoms with van der Waals surface area (Å²) in [5, 5.41) is 3.36. The van der Waals surface area contributed by atoms with Crippen LogP contribution in [0.15, 0.2) is 18.2 Å². The van der Waals surface area contributed by atoms with Crippen molar-refractivity contribution < 1.29 is 14.2 Å². The van der Waals surface area contributed by atoms with Crippen molar-refractivity contribution in [2.75, 3.05) is 38.1 Å². The van der Waals surface area contributed by atoms with E-state index >= 15 is 0 Å². The minimum Gasteiger partial charge on any atom is -0.493 e. The molecular weight excluding hydrogens is 356 g/mol. The maximum atomic E-state index is 5.44. The van der Waals surface area contributed by atoms with E-state index in [0.717, 1.165) is 36.1 Å². The van der Waals surface area contributed by atoms with Crippen LogP contribution < -0.4 is 24.4 Å². The van der Waals surface area contributed by atoms with Gasteiger partial charge in [0, 0.05) is 42.2 Å². The summed E-state index contributed by atoms with van der Waals surface area (Å²) in [5.74, 6) is 3.29. The fourth-order valence-electron chi connectivity index (χ4n) is 3.73. The lowest BCUT2D eigenvalue weighted by Gasteiger charge is -2.35. The summed E-state index contributed by atoms with van der Waals surface area (Å²) in [6, 6.07) is 6.18. The van der Waals surface area contributed by atoms with Crippen molar-refractivity contribution in [3.05, 3.63) is 23.9 Å². The first-order valence-electron chi connectivity index (χ1n) is 9.79. The van der Waals surface area contributed by atoms with Crippen LogP contribution in [0.3, 0.4) is 0 Å². The Morgan fingerprint density at radius 1 is 1.04 bits per heavy atom. The zero-order valence-corrected chi connectivity index (χ0v) is 17.4. The Balaban J connectivity index is 1.92. The molecule has 0 aliphatic carbocycles.